The van der Waals surface area contributed by atoms with E-state index in [0.717, 1.165) is 23.5 Å². The van der Waals surface area contributed by atoms with Crippen LogP contribution in [-0.4, -0.2) is 36.3 Å². The Morgan fingerprint density at radius 3 is 2.24 bits per heavy atom. The second-order valence-corrected chi connectivity index (χ2v) is 12.0. The van der Waals surface area contributed by atoms with E-state index < -0.39 is 49.9 Å². The molecule has 0 aliphatic rings. The molecule has 1 amide bonds. The summed E-state index contributed by atoms with van der Waals surface area (Å²) in [5.74, 6) is -2.18. The molecule has 0 bridgehead atoms. The van der Waals surface area contributed by atoms with E-state index in [9.17, 15) is 28.2 Å². The maximum atomic E-state index is 13.0. The monoisotopic (exact) mass is 558 g/mol. The number of alkyl carbamates (subject to hydrolysis) is 1. The Labute approximate surface area is 209 Å². The van der Waals surface area contributed by atoms with Crippen LogP contribution in [0.4, 0.5) is 10.5 Å². The lowest BCUT2D eigenvalue weighted by atomic mass is 9.98. The minimum absolute atomic E-state index is 0.0376. The molecule has 182 valence electrons. The number of rotatable bonds is 7. The van der Waals surface area contributed by atoms with Gasteiger partial charge in [-0.2, -0.15) is 0 Å². The number of nitrogens with one attached hydrogen (secondary N) is 2. The average molecular weight is 560 g/mol. The van der Waals surface area contributed by atoms with Gasteiger partial charge in [0.15, 0.2) is 0 Å². The summed E-state index contributed by atoms with van der Waals surface area (Å²) >= 11 is 18.6. The van der Waals surface area contributed by atoms with Crippen molar-refractivity contribution in [2.75, 3.05) is 4.72 Å². The van der Waals surface area contributed by atoms with E-state index in [4.69, 9.17) is 39.5 Å². The van der Waals surface area contributed by atoms with Crippen LogP contribution < -0.4 is 10.0 Å². The molecule has 0 aliphatic heterocycles. The number of amides is 1. The first-order valence-corrected chi connectivity index (χ1v) is 12.8. The number of anilines is 1. The average Bonchev–Trinajstić information content (AvgIpc) is 2.90. The largest absolute Gasteiger partial charge is 0.507 e. The first-order valence-electron chi connectivity index (χ1n) is 9.33. The fourth-order valence-electron chi connectivity index (χ4n) is 2.82. The number of carboxylic acid groups (broad SMARTS) is 1. The van der Waals surface area contributed by atoms with Crippen molar-refractivity contribution in [2.24, 2.45) is 0 Å². The zero-order valence-corrected chi connectivity index (χ0v) is 21.7. The SMILES string of the molecule is CCC(NC(=O)OC(C)(C)C)c1c(NS(=O)(=O)c2c(Cl)sc(Cl)c2Cl)ccc(C(=O)O)c1O. The standard InChI is InChI=1S/C19H21Cl3N2O7S2/c1-5-9(23-18(28)31-19(2,3)4)11-10(7-6-8(13(11)25)17(26)27)24-33(29,30)14-12(20)15(21)32-16(14)22/h6-7,9,24-25H,5H2,1-4H3,(H,23,28)(H,26,27). The molecule has 0 saturated carbocycles. The van der Waals surface area contributed by atoms with Gasteiger partial charge in [-0.25, -0.2) is 18.0 Å². The van der Waals surface area contributed by atoms with Crippen LogP contribution >= 0.6 is 46.1 Å². The van der Waals surface area contributed by atoms with E-state index in [0.29, 0.717) is 0 Å². The molecule has 4 N–H and O–H groups in total. The van der Waals surface area contributed by atoms with E-state index in [2.05, 4.69) is 10.0 Å². The van der Waals surface area contributed by atoms with Crippen molar-refractivity contribution in [3.63, 3.8) is 0 Å². The Kier molecular flexibility index (Phi) is 8.40. The highest BCUT2D eigenvalue weighted by Crippen LogP contribution is 2.44. The summed E-state index contributed by atoms with van der Waals surface area (Å²) in [6.07, 6.45) is -0.699. The summed E-state index contributed by atoms with van der Waals surface area (Å²) in [4.78, 5) is 23.4. The molecule has 0 aliphatic carbocycles. The Morgan fingerprint density at radius 2 is 1.79 bits per heavy atom. The number of sulfonamides is 1. The van der Waals surface area contributed by atoms with Crippen LogP contribution in [0, 0.1) is 0 Å². The van der Waals surface area contributed by atoms with Crippen molar-refractivity contribution in [3.05, 3.63) is 37.0 Å². The number of carbonyl (C=O) groups is 2. The number of aromatic carboxylic acids is 1. The molecule has 1 heterocycles. The summed E-state index contributed by atoms with van der Waals surface area (Å²) in [5, 5.41) is 22.3. The second kappa shape index (κ2) is 10.1. The normalized spacial score (nSPS) is 12.8. The van der Waals surface area contributed by atoms with Crippen LogP contribution in [-0.2, 0) is 14.8 Å². The van der Waals surface area contributed by atoms with E-state index in [1.54, 1.807) is 27.7 Å². The van der Waals surface area contributed by atoms with Crippen molar-refractivity contribution in [2.45, 2.75) is 50.7 Å². The zero-order chi connectivity index (χ0) is 25.3. The Bertz CT molecular complexity index is 1190. The van der Waals surface area contributed by atoms with Crippen LogP contribution in [0.1, 0.15) is 56.1 Å². The lowest BCUT2D eigenvalue weighted by Crippen LogP contribution is -2.35. The van der Waals surface area contributed by atoms with Crippen LogP contribution in [0.15, 0.2) is 17.0 Å². The van der Waals surface area contributed by atoms with Crippen LogP contribution in [0.3, 0.4) is 0 Å². The molecule has 1 aromatic carbocycles. The van der Waals surface area contributed by atoms with Gasteiger partial charge < -0.3 is 20.3 Å². The quantitative estimate of drug-likeness (QED) is 0.331. The molecule has 9 nitrogen and oxygen atoms in total. The van der Waals surface area contributed by atoms with Gasteiger partial charge in [0.1, 0.15) is 30.5 Å². The number of thiophene rings is 1. The lowest BCUT2D eigenvalue weighted by Gasteiger charge is -2.25. The Hall–Kier alpha value is -1.92. The maximum absolute atomic E-state index is 13.0. The van der Waals surface area contributed by atoms with Crippen molar-refractivity contribution in [1.82, 2.24) is 5.32 Å². The van der Waals surface area contributed by atoms with E-state index in [1.165, 1.54) is 0 Å². The second-order valence-electron chi connectivity index (χ2n) is 7.73. The molecule has 0 saturated heterocycles. The van der Waals surface area contributed by atoms with E-state index in [1.807, 2.05) is 0 Å². The highest BCUT2D eigenvalue weighted by molar-refractivity contribution is 7.93. The number of ether oxygens (including phenoxy) is 1. The molecule has 0 radical (unpaired) electrons. The Morgan fingerprint density at radius 1 is 1.18 bits per heavy atom. The predicted octanol–water partition coefficient (Wildman–Crippen LogP) is 5.89. The Balaban J connectivity index is 2.60. The van der Waals surface area contributed by atoms with Crippen LogP contribution in [0.5, 0.6) is 5.75 Å². The first kappa shape index (κ1) is 27.3. The molecule has 1 unspecified atom stereocenters. The molecule has 33 heavy (non-hydrogen) atoms. The summed E-state index contributed by atoms with van der Waals surface area (Å²) in [6.45, 7) is 6.58. The van der Waals surface area contributed by atoms with Gasteiger partial charge >= 0.3 is 12.1 Å². The molecule has 2 aromatic rings. The first-order chi connectivity index (χ1) is 15.1. The summed E-state index contributed by atoms with van der Waals surface area (Å²) in [6, 6.07) is 1.14. The molecule has 0 spiro atoms. The predicted molar refractivity (Wildman–Crippen MR) is 128 cm³/mol. The van der Waals surface area contributed by atoms with Gasteiger partial charge in [0, 0.05) is 5.56 Å². The minimum atomic E-state index is -4.42. The van der Waals surface area contributed by atoms with Crippen molar-refractivity contribution in [3.8, 4) is 5.75 Å². The summed E-state index contributed by atoms with van der Waals surface area (Å²) < 4.78 is 33.3. The molecule has 1 atom stereocenters. The summed E-state index contributed by atoms with van der Waals surface area (Å²) in [5.41, 5.74) is -1.70. The van der Waals surface area contributed by atoms with Crippen LogP contribution in [0.25, 0.3) is 0 Å². The van der Waals surface area contributed by atoms with E-state index in [-0.39, 0.29) is 31.4 Å². The molecular weight excluding hydrogens is 539 g/mol. The summed E-state index contributed by atoms with van der Waals surface area (Å²) in [7, 11) is -4.42. The highest BCUT2D eigenvalue weighted by Gasteiger charge is 2.31. The highest BCUT2D eigenvalue weighted by atomic mass is 35.5. The number of benzene rings is 1. The topological polar surface area (TPSA) is 142 Å². The third-order valence-electron chi connectivity index (χ3n) is 4.14. The molecule has 0 fully saturated rings. The number of carboxylic acids is 1. The molecule has 2 rings (SSSR count). The number of carbonyl (C=O) groups excluding carboxylic acids is 1. The maximum Gasteiger partial charge on any atom is 0.408 e. The smallest absolute Gasteiger partial charge is 0.408 e. The van der Waals surface area contributed by atoms with Crippen molar-refractivity contribution < 1.29 is 33.0 Å². The fraction of sp³-hybridized carbons (Fsp3) is 0.368. The minimum Gasteiger partial charge on any atom is -0.507 e. The number of aromatic hydroxyl groups is 1. The fourth-order valence-corrected chi connectivity index (χ4v) is 6.75. The van der Waals surface area contributed by atoms with Gasteiger partial charge in [-0.05, 0) is 39.3 Å². The van der Waals surface area contributed by atoms with Gasteiger partial charge in [-0.15, -0.1) is 11.3 Å². The van der Waals surface area contributed by atoms with Crippen molar-refractivity contribution in [1.29, 1.82) is 0 Å². The van der Waals surface area contributed by atoms with Gasteiger partial charge in [0.2, 0.25) is 0 Å². The van der Waals surface area contributed by atoms with Gasteiger partial charge in [-0.3, -0.25) is 4.72 Å². The molecule has 14 heteroatoms. The van der Waals surface area contributed by atoms with Crippen LogP contribution in [0.2, 0.25) is 13.7 Å². The van der Waals surface area contributed by atoms with Gasteiger partial charge in [0.25, 0.3) is 10.0 Å². The molecular formula is C19H21Cl3N2O7S2. The van der Waals surface area contributed by atoms with Gasteiger partial charge in [0.05, 0.1) is 16.8 Å². The molecule has 1 aromatic heterocycles. The number of phenols is 1. The third-order valence-corrected chi connectivity index (χ3v) is 8.12. The zero-order valence-electron chi connectivity index (χ0n) is 17.8. The van der Waals surface area contributed by atoms with E-state index >= 15 is 0 Å². The number of halogens is 3. The lowest BCUT2D eigenvalue weighted by molar-refractivity contribution is 0.0502. The van der Waals surface area contributed by atoms with Crippen molar-refractivity contribution >= 4 is 73.9 Å². The third kappa shape index (κ3) is 6.36. The number of hydrogen-bond donors (Lipinski definition) is 4. The van der Waals surface area contributed by atoms with Gasteiger partial charge in [-0.1, -0.05) is 41.7 Å². The number of hydrogen-bond acceptors (Lipinski definition) is 7.